The van der Waals surface area contributed by atoms with E-state index in [4.69, 9.17) is 10.9 Å². The summed E-state index contributed by atoms with van der Waals surface area (Å²) in [5.74, 6) is -0.175. The molecule has 0 bridgehead atoms. The fourth-order valence-corrected chi connectivity index (χ4v) is 3.11. The average Bonchev–Trinajstić information content (AvgIpc) is 2.37. The molecule has 0 aliphatic rings. The molecule has 0 aliphatic heterocycles. The Balaban J connectivity index is 3.16. The van der Waals surface area contributed by atoms with Crippen molar-refractivity contribution in [3.63, 3.8) is 0 Å². The van der Waals surface area contributed by atoms with Crippen LogP contribution < -0.4 is 10.5 Å². The second-order valence-electron chi connectivity index (χ2n) is 4.59. The Morgan fingerprint density at radius 3 is 2.63 bits per heavy atom. The number of nitrogens with zero attached hydrogens (tertiary/aromatic N) is 1. The Kier molecular flexibility index (Phi) is 4.54. The summed E-state index contributed by atoms with van der Waals surface area (Å²) in [6.07, 6.45) is 0.355. The van der Waals surface area contributed by atoms with Crippen molar-refractivity contribution in [1.82, 2.24) is 4.72 Å². The lowest BCUT2D eigenvalue weighted by Gasteiger charge is -2.27. The largest absolute Gasteiger partial charge is 0.409 e. The summed E-state index contributed by atoms with van der Waals surface area (Å²) in [5, 5.41) is 11.6. The zero-order chi connectivity index (χ0) is 14.7. The first-order valence-corrected chi connectivity index (χ1v) is 7.32. The zero-order valence-electron chi connectivity index (χ0n) is 11.2. The minimum Gasteiger partial charge on any atom is -0.409 e. The number of aryl methyl sites for hydroxylation is 1. The van der Waals surface area contributed by atoms with Crippen LogP contribution in [0, 0.1) is 6.92 Å². The minimum absolute atomic E-state index is 0.151. The van der Waals surface area contributed by atoms with Gasteiger partial charge in [-0.1, -0.05) is 24.2 Å². The van der Waals surface area contributed by atoms with E-state index in [1.54, 1.807) is 26.0 Å². The van der Waals surface area contributed by atoms with Gasteiger partial charge < -0.3 is 10.9 Å². The highest BCUT2D eigenvalue weighted by Crippen LogP contribution is 2.17. The van der Waals surface area contributed by atoms with Crippen LogP contribution in [0.25, 0.3) is 0 Å². The molecule has 106 valence electrons. The molecule has 0 amide bonds. The molecule has 0 fully saturated rings. The summed E-state index contributed by atoms with van der Waals surface area (Å²) in [5.41, 5.74) is 5.26. The van der Waals surface area contributed by atoms with Crippen molar-refractivity contribution >= 4 is 15.9 Å². The standard InChI is InChI=1S/C12H19N3O3S/c1-4-12(3,11(13)14-16)15-19(17,18)10-7-5-6-9(2)8-10/h5-8,15-16H,4H2,1-3H3,(H2,13,14). The topological polar surface area (TPSA) is 105 Å². The quantitative estimate of drug-likeness (QED) is 0.327. The third-order valence-electron chi connectivity index (χ3n) is 3.04. The monoisotopic (exact) mass is 285 g/mol. The maximum atomic E-state index is 12.3. The van der Waals surface area contributed by atoms with Crippen molar-refractivity contribution < 1.29 is 13.6 Å². The summed E-state index contributed by atoms with van der Waals surface area (Å²) >= 11 is 0. The zero-order valence-corrected chi connectivity index (χ0v) is 12.0. The van der Waals surface area contributed by atoms with Crippen LogP contribution in [0.15, 0.2) is 34.3 Å². The van der Waals surface area contributed by atoms with Gasteiger partial charge in [-0.25, -0.2) is 8.42 Å². The number of amidine groups is 1. The molecule has 0 saturated carbocycles. The lowest BCUT2D eigenvalue weighted by atomic mass is 10.00. The van der Waals surface area contributed by atoms with Crippen molar-refractivity contribution in [2.45, 2.75) is 37.6 Å². The fraction of sp³-hybridized carbons (Fsp3) is 0.417. The molecule has 19 heavy (non-hydrogen) atoms. The molecular weight excluding hydrogens is 266 g/mol. The van der Waals surface area contributed by atoms with E-state index in [0.717, 1.165) is 5.56 Å². The van der Waals surface area contributed by atoms with Crippen molar-refractivity contribution in [3.05, 3.63) is 29.8 Å². The Morgan fingerprint density at radius 2 is 2.16 bits per heavy atom. The third kappa shape index (κ3) is 3.45. The molecule has 1 rings (SSSR count). The van der Waals surface area contributed by atoms with Crippen LogP contribution >= 0.6 is 0 Å². The van der Waals surface area contributed by atoms with Gasteiger partial charge in [-0.3, -0.25) is 0 Å². The minimum atomic E-state index is -3.73. The van der Waals surface area contributed by atoms with Crippen molar-refractivity contribution in [1.29, 1.82) is 0 Å². The second-order valence-corrected chi connectivity index (χ2v) is 6.28. The molecule has 0 saturated heterocycles. The normalized spacial score (nSPS) is 16.1. The molecule has 0 radical (unpaired) electrons. The lowest BCUT2D eigenvalue weighted by molar-refractivity contribution is 0.310. The van der Waals surface area contributed by atoms with Crippen LogP contribution in [0.3, 0.4) is 0 Å². The molecular formula is C12H19N3O3S. The van der Waals surface area contributed by atoms with Gasteiger partial charge in [0, 0.05) is 0 Å². The number of rotatable bonds is 5. The Hall–Kier alpha value is -1.60. The second kappa shape index (κ2) is 5.58. The summed E-state index contributed by atoms with van der Waals surface area (Å²) < 4.78 is 27.0. The van der Waals surface area contributed by atoms with E-state index in [2.05, 4.69) is 9.88 Å². The van der Waals surface area contributed by atoms with Gasteiger partial charge in [0.05, 0.1) is 10.4 Å². The Morgan fingerprint density at radius 1 is 1.53 bits per heavy atom. The van der Waals surface area contributed by atoms with Gasteiger partial charge in [0.2, 0.25) is 10.0 Å². The Bertz CT molecular complexity index is 584. The van der Waals surface area contributed by atoms with Crippen molar-refractivity contribution in [3.8, 4) is 0 Å². The molecule has 7 heteroatoms. The molecule has 0 spiro atoms. The van der Waals surface area contributed by atoms with Crippen molar-refractivity contribution in [2.24, 2.45) is 10.9 Å². The first-order chi connectivity index (χ1) is 8.75. The highest BCUT2D eigenvalue weighted by molar-refractivity contribution is 7.89. The number of hydrogen-bond acceptors (Lipinski definition) is 4. The number of nitrogens with two attached hydrogens (primary N) is 1. The van der Waals surface area contributed by atoms with Crippen LogP contribution in [0.5, 0.6) is 0 Å². The smallest absolute Gasteiger partial charge is 0.241 e. The van der Waals surface area contributed by atoms with Gasteiger partial charge in [0.15, 0.2) is 5.84 Å². The molecule has 0 heterocycles. The summed E-state index contributed by atoms with van der Waals surface area (Å²) in [6, 6.07) is 6.53. The maximum Gasteiger partial charge on any atom is 0.241 e. The highest BCUT2D eigenvalue weighted by atomic mass is 32.2. The molecule has 0 aromatic heterocycles. The first kappa shape index (κ1) is 15.5. The molecule has 4 N–H and O–H groups in total. The number of hydrogen-bond donors (Lipinski definition) is 3. The number of sulfonamides is 1. The summed E-state index contributed by atoms with van der Waals surface area (Å²) in [7, 11) is -3.73. The van der Waals surface area contributed by atoms with Gasteiger partial charge in [-0.05, 0) is 38.0 Å². The van der Waals surface area contributed by atoms with E-state index in [9.17, 15) is 8.42 Å². The van der Waals surface area contributed by atoms with Crippen LogP contribution in [-0.2, 0) is 10.0 Å². The number of benzene rings is 1. The predicted octanol–water partition coefficient (Wildman–Crippen LogP) is 1.19. The van der Waals surface area contributed by atoms with Gasteiger partial charge in [-0.15, -0.1) is 0 Å². The van der Waals surface area contributed by atoms with Crippen molar-refractivity contribution in [2.75, 3.05) is 0 Å². The van der Waals surface area contributed by atoms with Crippen LogP contribution in [-0.4, -0.2) is 25.0 Å². The number of oxime groups is 1. The summed E-state index contributed by atoms with van der Waals surface area (Å²) in [6.45, 7) is 5.12. The molecule has 0 aliphatic carbocycles. The van der Waals surface area contributed by atoms with E-state index in [-0.39, 0.29) is 10.7 Å². The molecule has 6 nitrogen and oxygen atoms in total. The van der Waals surface area contributed by atoms with Crippen LogP contribution in [0.1, 0.15) is 25.8 Å². The van der Waals surface area contributed by atoms with Gasteiger partial charge in [0.25, 0.3) is 0 Å². The predicted molar refractivity (Wildman–Crippen MR) is 73.6 cm³/mol. The molecule has 1 unspecified atom stereocenters. The first-order valence-electron chi connectivity index (χ1n) is 5.84. The third-order valence-corrected chi connectivity index (χ3v) is 4.63. The average molecular weight is 285 g/mol. The molecule has 1 aromatic carbocycles. The molecule has 1 aromatic rings. The van der Waals surface area contributed by atoms with E-state index >= 15 is 0 Å². The van der Waals surface area contributed by atoms with E-state index < -0.39 is 15.6 Å². The van der Waals surface area contributed by atoms with Crippen LogP contribution in [0.4, 0.5) is 0 Å². The van der Waals surface area contributed by atoms with E-state index in [0.29, 0.717) is 6.42 Å². The molecule has 1 atom stereocenters. The van der Waals surface area contributed by atoms with E-state index in [1.165, 1.54) is 6.07 Å². The highest BCUT2D eigenvalue weighted by Gasteiger charge is 2.33. The maximum absolute atomic E-state index is 12.3. The SMILES string of the molecule is CCC(C)(NS(=O)(=O)c1cccc(C)c1)/C(N)=N/O. The lowest BCUT2D eigenvalue weighted by Crippen LogP contribution is -2.54. The Labute approximate surface area is 113 Å². The van der Waals surface area contributed by atoms with Gasteiger partial charge in [0.1, 0.15) is 0 Å². The van der Waals surface area contributed by atoms with Gasteiger partial charge >= 0.3 is 0 Å². The fourth-order valence-electron chi connectivity index (χ4n) is 1.55. The van der Waals surface area contributed by atoms with E-state index in [1.807, 2.05) is 13.0 Å². The summed E-state index contributed by atoms with van der Waals surface area (Å²) in [4.78, 5) is 0.151. The van der Waals surface area contributed by atoms with Gasteiger partial charge in [-0.2, -0.15) is 4.72 Å². The number of nitrogens with one attached hydrogen (secondary N) is 1. The van der Waals surface area contributed by atoms with Crippen LogP contribution in [0.2, 0.25) is 0 Å².